The average Bonchev–Trinajstić information content (AvgIpc) is 2.91. The Morgan fingerprint density at radius 1 is 1.03 bits per heavy atom. The normalized spacial score (nSPS) is 16.5. The highest BCUT2D eigenvalue weighted by Crippen LogP contribution is 2.33. The van der Waals surface area contributed by atoms with E-state index in [0.717, 1.165) is 47.8 Å². The summed E-state index contributed by atoms with van der Waals surface area (Å²) in [6, 6.07) is 12.3. The number of likely N-dealkylation sites (N-methyl/N-ethyl adjacent to an activating group) is 1. The van der Waals surface area contributed by atoms with Gasteiger partial charge in [-0.2, -0.15) is 5.10 Å². The van der Waals surface area contributed by atoms with E-state index in [2.05, 4.69) is 34.5 Å². The molecule has 0 aliphatic carbocycles. The summed E-state index contributed by atoms with van der Waals surface area (Å²) >= 11 is 0. The predicted octanol–water partition coefficient (Wildman–Crippen LogP) is 1.88. The number of nitrogens with one attached hydrogen (secondary N) is 1. The maximum atomic E-state index is 11.7. The lowest BCUT2D eigenvalue weighted by Crippen LogP contribution is -2.47. The summed E-state index contributed by atoms with van der Waals surface area (Å²) < 4.78 is 11.0. The summed E-state index contributed by atoms with van der Waals surface area (Å²) in [5.41, 5.74) is 5.21. The quantitative estimate of drug-likeness (QED) is 0.858. The van der Waals surface area contributed by atoms with Crippen LogP contribution in [0.4, 0.5) is 5.69 Å². The molecule has 2 aromatic rings. The zero-order chi connectivity index (χ0) is 20.4. The molecular formula is C22H26N4O3. The number of carbonyl (C=O) groups is 1. The molecule has 1 saturated heterocycles. The molecule has 2 aromatic carbocycles. The van der Waals surface area contributed by atoms with Gasteiger partial charge in [0.05, 0.1) is 26.5 Å². The highest BCUT2D eigenvalue weighted by molar-refractivity contribution is 6.14. The Balaban J connectivity index is 1.71. The van der Waals surface area contributed by atoms with E-state index in [1.165, 1.54) is 5.56 Å². The number of nitrogens with zero attached hydrogens (tertiary/aromatic N) is 3. The van der Waals surface area contributed by atoms with E-state index in [4.69, 9.17) is 14.6 Å². The van der Waals surface area contributed by atoms with Crippen LogP contribution in [-0.4, -0.2) is 64.1 Å². The van der Waals surface area contributed by atoms with E-state index in [9.17, 15) is 4.79 Å². The van der Waals surface area contributed by atoms with Crippen LogP contribution in [0.2, 0.25) is 0 Å². The van der Waals surface area contributed by atoms with Crippen LogP contribution in [-0.2, 0) is 11.2 Å². The van der Waals surface area contributed by atoms with Gasteiger partial charge in [-0.15, -0.1) is 0 Å². The monoisotopic (exact) mass is 394 g/mol. The van der Waals surface area contributed by atoms with Gasteiger partial charge in [0.2, 0.25) is 5.91 Å². The molecule has 2 aliphatic rings. The van der Waals surface area contributed by atoms with E-state index in [0.29, 0.717) is 18.8 Å². The second-order valence-electron chi connectivity index (χ2n) is 7.26. The zero-order valence-electron chi connectivity index (χ0n) is 17.1. The smallest absolute Gasteiger partial charge is 0.239 e. The summed E-state index contributed by atoms with van der Waals surface area (Å²) in [5.74, 6) is 1.48. The van der Waals surface area contributed by atoms with Crippen molar-refractivity contribution in [2.24, 2.45) is 5.10 Å². The van der Waals surface area contributed by atoms with Crippen molar-refractivity contribution in [3.63, 3.8) is 0 Å². The van der Waals surface area contributed by atoms with Crippen molar-refractivity contribution in [1.82, 2.24) is 10.3 Å². The topological polar surface area (TPSA) is 66.4 Å². The third-order valence-electron chi connectivity index (χ3n) is 5.38. The Morgan fingerprint density at radius 3 is 2.45 bits per heavy atom. The molecule has 1 N–H and O–H groups in total. The Labute approximate surface area is 170 Å². The van der Waals surface area contributed by atoms with Crippen LogP contribution in [0.1, 0.15) is 16.7 Å². The zero-order valence-corrected chi connectivity index (χ0v) is 17.1. The fourth-order valence-corrected chi connectivity index (χ4v) is 3.81. The Morgan fingerprint density at radius 2 is 1.76 bits per heavy atom. The fraction of sp³-hybridized carbons (Fsp3) is 0.364. The standard InChI is InChI=1S/C22H26N4O3/c1-25-10-8-16-12-19(28-2)20(29-3)13-18(16)22(24-25)15-4-6-17(7-5-15)26-11-9-23-21(27)14-26/h4-7,12-13H,8-11,14H2,1-3H3,(H,23,27). The lowest BCUT2D eigenvalue weighted by Gasteiger charge is -2.28. The van der Waals surface area contributed by atoms with Crippen molar-refractivity contribution in [1.29, 1.82) is 0 Å². The van der Waals surface area contributed by atoms with Crippen LogP contribution in [0.5, 0.6) is 11.5 Å². The maximum absolute atomic E-state index is 11.7. The molecule has 0 unspecified atom stereocenters. The van der Waals surface area contributed by atoms with Crippen LogP contribution in [0.15, 0.2) is 41.5 Å². The molecule has 1 fully saturated rings. The van der Waals surface area contributed by atoms with Crippen LogP contribution in [0, 0.1) is 0 Å². The number of hydrazone groups is 1. The lowest BCUT2D eigenvalue weighted by atomic mass is 9.95. The summed E-state index contributed by atoms with van der Waals surface area (Å²) in [7, 11) is 5.29. The molecule has 152 valence electrons. The van der Waals surface area contributed by atoms with Gasteiger partial charge in [-0.25, -0.2) is 0 Å². The van der Waals surface area contributed by atoms with Gasteiger partial charge in [0.1, 0.15) is 0 Å². The number of hydrogen-bond acceptors (Lipinski definition) is 6. The molecule has 0 aromatic heterocycles. The van der Waals surface area contributed by atoms with E-state index in [-0.39, 0.29) is 5.91 Å². The minimum absolute atomic E-state index is 0.0602. The molecule has 7 heteroatoms. The first-order valence-electron chi connectivity index (χ1n) is 9.76. The van der Waals surface area contributed by atoms with Gasteiger partial charge in [-0.1, -0.05) is 12.1 Å². The fourth-order valence-electron chi connectivity index (χ4n) is 3.81. The number of anilines is 1. The molecule has 1 amide bonds. The van der Waals surface area contributed by atoms with Gasteiger partial charge in [-0.05, 0) is 36.2 Å². The molecule has 2 aliphatic heterocycles. The van der Waals surface area contributed by atoms with Crippen molar-refractivity contribution in [2.45, 2.75) is 6.42 Å². The van der Waals surface area contributed by atoms with Gasteiger partial charge >= 0.3 is 0 Å². The van der Waals surface area contributed by atoms with Gasteiger partial charge in [-0.3, -0.25) is 9.80 Å². The molecule has 0 bridgehead atoms. The SMILES string of the molecule is COc1cc2c(cc1OC)C(c1ccc(N3CCNC(=O)C3)cc1)=NN(C)CC2. The molecule has 4 rings (SSSR count). The minimum atomic E-state index is 0.0602. The summed E-state index contributed by atoms with van der Waals surface area (Å²) in [6.45, 7) is 2.71. The second kappa shape index (κ2) is 8.03. The number of fused-ring (bicyclic) bond motifs is 1. The first-order valence-corrected chi connectivity index (χ1v) is 9.76. The minimum Gasteiger partial charge on any atom is -0.493 e. The van der Waals surface area contributed by atoms with Crippen LogP contribution >= 0.6 is 0 Å². The van der Waals surface area contributed by atoms with Crippen LogP contribution in [0.25, 0.3) is 0 Å². The summed E-state index contributed by atoms with van der Waals surface area (Å²) in [4.78, 5) is 13.8. The molecule has 0 spiro atoms. The summed E-state index contributed by atoms with van der Waals surface area (Å²) in [5, 5.41) is 9.68. The third-order valence-corrected chi connectivity index (χ3v) is 5.38. The number of methoxy groups -OCH3 is 2. The predicted molar refractivity (Wildman–Crippen MR) is 113 cm³/mol. The Kier molecular flexibility index (Phi) is 5.29. The molecule has 0 atom stereocenters. The van der Waals surface area contributed by atoms with E-state index >= 15 is 0 Å². The third kappa shape index (κ3) is 3.85. The Bertz CT molecular complexity index is 940. The molecule has 0 saturated carbocycles. The first-order chi connectivity index (χ1) is 14.1. The lowest BCUT2D eigenvalue weighted by molar-refractivity contribution is -0.120. The molecule has 2 heterocycles. The highest BCUT2D eigenvalue weighted by atomic mass is 16.5. The number of hydrogen-bond donors (Lipinski definition) is 1. The van der Waals surface area contributed by atoms with Crippen molar-refractivity contribution in [3.05, 3.63) is 53.1 Å². The van der Waals surface area contributed by atoms with Gasteiger partial charge in [0.25, 0.3) is 0 Å². The van der Waals surface area contributed by atoms with Crippen molar-refractivity contribution >= 4 is 17.3 Å². The molecular weight excluding hydrogens is 368 g/mol. The van der Waals surface area contributed by atoms with Crippen molar-refractivity contribution in [3.8, 4) is 11.5 Å². The Hall–Kier alpha value is -3.22. The number of benzene rings is 2. The van der Waals surface area contributed by atoms with Crippen LogP contribution in [0.3, 0.4) is 0 Å². The number of amides is 1. The van der Waals surface area contributed by atoms with Gasteiger partial charge in [0, 0.05) is 43.5 Å². The average molecular weight is 394 g/mol. The van der Waals surface area contributed by atoms with E-state index in [1.807, 2.05) is 24.2 Å². The second-order valence-corrected chi connectivity index (χ2v) is 7.26. The molecule has 29 heavy (non-hydrogen) atoms. The van der Waals surface area contributed by atoms with Crippen molar-refractivity contribution < 1.29 is 14.3 Å². The molecule has 0 radical (unpaired) electrons. The number of piperazine rings is 1. The highest BCUT2D eigenvalue weighted by Gasteiger charge is 2.21. The van der Waals surface area contributed by atoms with Gasteiger partial charge in [0.15, 0.2) is 11.5 Å². The largest absolute Gasteiger partial charge is 0.493 e. The van der Waals surface area contributed by atoms with E-state index in [1.54, 1.807) is 14.2 Å². The first kappa shape index (κ1) is 19.1. The van der Waals surface area contributed by atoms with Gasteiger partial charge < -0.3 is 19.7 Å². The maximum Gasteiger partial charge on any atom is 0.239 e. The van der Waals surface area contributed by atoms with Crippen LogP contribution < -0.4 is 19.7 Å². The number of ether oxygens (including phenoxy) is 2. The van der Waals surface area contributed by atoms with Crippen molar-refractivity contribution in [2.75, 3.05) is 52.3 Å². The van der Waals surface area contributed by atoms with E-state index < -0.39 is 0 Å². The number of rotatable bonds is 4. The summed E-state index contributed by atoms with van der Waals surface area (Å²) in [6.07, 6.45) is 0.875. The molecule has 7 nitrogen and oxygen atoms in total. The number of carbonyl (C=O) groups excluding carboxylic acids is 1.